The van der Waals surface area contributed by atoms with E-state index in [1.807, 2.05) is 24.3 Å². The Kier molecular flexibility index (Phi) is 3.65. The van der Waals surface area contributed by atoms with Crippen molar-refractivity contribution in [1.82, 2.24) is 14.5 Å². The van der Waals surface area contributed by atoms with Gasteiger partial charge in [-0.05, 0) is 55.8 Å². The van der Waals surface area contributed by atoms with Crippen LogP contribution in [0.3, 0.4) is 0 Å². The number of nitrogens with zero attached hydrogens (tertiary/aromatic N) is 3. The van der Waals surface area contributed by atoms with Crippen molar-refractivity contribution >= 4 is 22.5 Å². The molecule has 6 heteroatoms. The Morgan fingerprint density at radius 3 is 2.64 bits per heavy atom. The van der Waals surface area contributed by atoms with Crippen LogP contribution in [0.15, 0.2) is 53.4 Å². The van der Waals surface area contributed by atoms with Gasteiger partial charge in [-0.1, -0.05) is 0 Å². The van der Waals surface area contributed by atoms with E-state index in [-0.39, 0.29) is 5.75 Å². The minimum Gasteiger partial charge on any atom is -0.508 e. The fourth-order valence-corrected chi connectivity index (χ4v) is 3.00. The van der Waals surface area contributed by atoms with Crippen LogP contribution in [0.4, 0.5) is 11.5 Å². The van der Waals surface area contributed by atoms with Gasteiger partial charge < -0.3 is 19.4 Å². The van der Waals surface area contributed by atoms with Gasteiger partial charge in [0.2, 0.25) is 0 Å². The number of nitrogens with one attached hydrogen (secondary N) is 1. The maximum atomic E-state index is 9.44. The summed E-state index contributed by atoms with van der Waals surface area (Å²) in [6, 6.07) is 10.7. The predicted octanol–water partition coefficient (Wildman–Crippen LogP) is 4.14. The lowest BCUT2D eigenvalue weighted by Gasteiger charge is -2.08. The summed E-state index contributed by atoms with van der Waals surface area (Å²) in [6.07, 6.45) is 3.23. The molecular formula is C19H18N4O2. The zero-order valence-corrected chi connectivity index (χ0v) is 14.0. The van der Waals surface area contributed by atoms with Gasteiger partial charge >= 0.3 is 0 Å². The standard InChI is InChI=1S/C19H18N4O2/c1-12-13(2)23(10-16-4-3-9-25-16)19-17(12)18(20-11-21-19)22-14-5-7-15(24)8-6-14/h3-9,11,24H,10H2,1-2H3,(H,20,21,22). The number of benzene rings is 1. The van der Waals surface area contributed by atoms with E-state index in [1.54, 1.807) is 24.7 Å². The molecule has 0 unspecified atom stereocenters. The van der Waals surface area contributed by atoms with E-state index >= 15 is 0 Å². The lowest BCUT2D eigenvalue weighted by Crippen LogP contribution is -2.02. The third-order valence-corrected chi connectivity index (χ3v) is 4.43. The van der Waals surface area contributed by atoms with Crippen molar-refractivity contribution in [2.45, 2.75) is 20.4 Å². The lowest BCUT2D eigenvalue weighted by molar-refractivity contribution is 0.475. The Hall–Kier alpha value is -3.28. The molecule has 1 aromatic carbocycles. The van der Waals surface area contributed by atoms with E-state index in [9.17, 15) is 5.11 Å². The zero-order valence-electron chi connectivity index (χ0n) is 14.0. The Balaban J connectivity index is 1.80. The number of rotatable bonds is 4. The first kappa shape index (κ1) is 15.3. The van der Waals surface area contributed by atoms with Crippen LogP contribution in [0, 0.1) is 13.8 Å². The van der Waals surface area contributed by atoms with E-state index in [2.05, 4.69) is 33.7 Å². The minimum absolute atomic E-state index is 0.231. The zero-order chi connectivity index (χ0) is 17.4. The molecule has 0 saturated heterocycles. The largest absolute Gasteiger partial charge is 0.508 e. The van der Waals surface area contributed by atoms with Crippen LogP contribution in [-0.2, 0) is 6.54 Å². The highest BCUT2D eigenvalue weighted by Crippen LogP contribution is 2.31. The van der Waals surface area contributed by atoms with Gasteiger partial charge in [-0.15, -0.1) is 0 Å². The SMILES string of the molecule is Cc1c(C)n(Cc2ccco2)c2ncnc(Nc3ccc(O)cc3)c12. The number of hydrogen-bond acceptors (Lipinski definition) is 5. The Bertz CT molecular complexity index is 1020. The molecule has 3 heterocycles. The number of aromatic hydroxyl groups is 1. The minimum atomic E-state index is 0.231. The Morgan fingerprint density at radius 2 is 1.92 bits per heavy atom. The van der Waals surface area contributed by atoms with Crippen LogP contribution >= 0.6 is 0 Å². The maximum Gasteiger partial charge on any atom is 0.146 e. The second-order valence-electron chi connectivity index (χ2n) is 5.97. The monoisotopic (exact) mass is 334 g/mol. The van der Waals surface area contributed by atoms with Crippen molar-refractivity contribution in [3.63, 3.8) is 0 Å². The summed E-state index contributed by atoms with van der Waals surface area (Å²) in [5.41, 5.74) is 3.97. The van der Waals surface area contributed by atoms with Crippen molar-refractivity contribution < 1.29 is 9.52 Å². The molecule has 4 rings (SSSR count). The molecule has 0 fully saturated rings. The van der Waals surface area contributed by atoms with Crippen LogP contribution in [0.2, 0.25) is 0 Å². The highest BCUT2D eigenvalue weighted by atomic mass is 16.3. The lowest BCUT2D eigenvalue weighted by atomic mass is 10.2. The average molecular weight is 334 g/mol. The average Bonchev–Trinajstić information content (AvgIpc) is 3.21. The third-order valence-electron chi connectivity index (χ3n) is 4.43. The third kappa shape index (κ3) is 2.71. The number of aromatic nitrogens is 3. The molecule has 6 nitrogen and oxygen atoms in total. The second kappa shape index (κ2) is 5.98. The summed E-state index contributed by atoms with van der Waals surface area (Å²) in [6.45, 7) is 4.77. The molecule has 0 saturated carbocycles. The smallest absolute Gasteiger partial charge is 0.146 e. The van der Waals surface area contributed by atoms with Gasteiger partial charge in [-0.3, -0.25) is 0 Å². The van der Waals surface area contributed by atoms with Crippen molar-refractivity contribution in [3.05, 3.63) is 66.0 Å². The van der Waals surface area contributed by atoms with Crippen molar-refractivity contribution in [2.75, 3.05) is 5.32 Å². The van der Waals surface area contributed by atoms with Crippen LogP contribution in [-0.4, -0.2) is 19.6 Å². The molecule has 4 aromatic rings. The summed E-state index contributed by atoms with van der Waals surface area (Å²) < 4.78 is 7.62. The molecule has 0 aliphatic heterocycles. The van der Waals surface area contributed by atoms with Crippen molar-refractivity contribution in [2.24, 2.45) is 0 Å². The van der Waals surface area contributed by atoms with Gasteiger partial charge in [0.1, 0.15) is 29.3 Å². The number of phenols is 1. The fraction of sp³-hybridized carbons (Fsp3) is 0.158. The molecule has 0 aliphatic carbocycles. The van der Waals surface area contributed by atoms with Gasteiger partial charge in [-0.25, -0.2) is 9.97 Å². The van der Waals surface area contributed by atoms with Gasteiger partial charge in [0.05, 0.1) is 18.2 Å². The molecule has 0 radical (unpaired) electrons. The summed E-state index contributed by atoms with van der Waals surface area (Å²) in [5.74, 6) is 1.86. The van der Waals surface area contributed by atoms with Gasteiger partial charge in [0, 0.05) is 11.4 Å². The van der Waals surface area contributed by atoms with Gasteiger partial charge in [0.15, 0.2) is 0 Å². The number of anilines is 2. The van der Waals surface area contributed by atoms with Crippen LogP contribution in [0.1, 0.15) is 17.0 Å². The first-order valence-electron chi connectivity index (χ1n) is 8.02. The quantitative estimate of drug-likeness (QED) is 0.549. The van der Waals surface area contributed by atoms with Crippen molar-refractivity contribution in [1.29, 1.82) is 0 Å². The van der Waals surface area contributed by atoms with Crippen LogP contribution < -0.4 is 5.32 Å². The Morgan fingerprint density at radius 1 is 1.12 bits per heavy atom. The van der Waals surface area contributed by atoms with Gasteiger partial charge in [0.25, 0.3) is 0 Å². The molecule has 0 aliphatic rings. The summed E-state index contributed by atoms with van der Waals surface area (Å²) in [4.78, 5) is 8.91. The van der Waals surface area contributed by atoms with E-state index in [4.69, 9.17) is 4.42 Å². The molecule has 25 heavy (non-hydrogen) atoms. The highest BCUT2D eigenvalue weighted by molar-refractivity contribution is 5.93. The second-order valence-corrected chi connectivity index (χ2v) is 5.97. The topological polar surface area (TPSA) is 76.1 Å². The van der Waals surface area contributed by atoms with E-state index < -0.39 is 0 Å². The molecule has 0 atom stereocenters. The van der Waals surface area contributed by atoms with E-state index in [1.165, 1.54) is 0 Å². The molecule has 0 amide bonds. The van der Waals surface area contributed by atoms with E-state index in [0.29, 0.717) is 6.54 Å². The Labute approximate surface area is 144 Å². The maximum absolute atomic E-state index is 9.44. The van der Waals surface area contributed by atoms with E-state index in [0.717, 1.165) is 39.6 Å². The summed E-state index contributed by atoms with van der Waals surface area (Å²) in [7, 11) is 0. The number of fused-ring (bicyclic) bond motifs is 1. The van der Waals surface area contributed by atoms with Crippen LogP contribution in [0.5, 0.6) is 5.75 Å². The molecule has 0 spiro atoms. The summed E-state index contributed by atoms with van der Waals surface area (Å²) in [5, 5.41) is 13.7. The highest BCUT2D eigenvalue weighted by Gasteiger charge is 2.17. The summed E-state index contributed by atoms with van der Waals surface area (Å²) >= 11 is 0. The number of phenolic OH excluding ortho intramolecular Hbond substituents is 1. The predicted molar refractivity (Wildman–Crippen MR) is 96.2 cm³/mol. The van der Waals surface area contributed by atoms with Gasteiger partial charge in [-0.2, -0.15) is 0 Å². The molecule has 3 aromatic heterocycles. The normalized spacial score (nSPS) is 11.1. The number of furan rings is 1. The van der Waals surface area contributed by atoms with Crippen LogP contribution in [0.25, 0.3) is 11.0 Å². The van der Waals surface area contributed by atoms with Crippen molar-refractivity contribution in [3.8, 4) is 5.75 Å². The number of aryl methyl sites for hydroxylation is 1. The number of hydrogen-bond donors (Lipinski definition) is 2. The first-order valence-corrected chi connectivity index (χ1v) is 8.02. The molecule has 126 valence electrons. The first-order chi connectivity index (χ1) is 12.1. The molecule has 2 N–H and O–H groups in total. The molecular weight excluding hydrogens is 316 g/mol. The molecule has 0 bridgehead atoms. The fourth-order valence-electron chi connectivity index (χ4n) is 3.00.